The highest BCUT2D eigenvalue weighted by atomic mass is 32.2. The molecule has 1 fully saturated rings. The number of piperidine rings is 1. The fourth-order valence-corrected chi connectivity index (χ4v) is 5.25. The Morgan fingerprint density at radius 1 is 1.46 bits per heavy atom. The Bertz CT molecular complexity index is 729. The lowest BCUT2D eigenvalue weighted by atomic mass is 9.98. The second kappa shape index (κ2) is 7.80. The first kappa shape index (κ1) is 17.6. The smallest absolute Gasteiger partial charge is 0.232 e. The summed E-state index contributed by atoms with van der Waals surface area (Å²) < 4.78 is 0. The third-order valence-electron chi connectivity index (χ3n) is 4.63. The number of carbonyl (C=O) groups is 1. The second-order valence-corrected chi connectivity index (χ2v) is 8.50. The number of thiophene rings is 1. The minimum absolute atomic E-state index is 0.220. The van der Waals surface area contributed by atoms with Crippen molar-refractivity contribution < 1.29 is 4.79 Å². The number of nitrogens with zero attached hydrogens (tertiary/aromatic N) is 3. The summed E-state index contributed by atoms with van der Waals surface area (Å²) in [6, 6.07) is 0. The van der Waals surface area contributed by atoms with Crippen LogP contribution in [0.3, 0.4) is 0 Å². The monoisotopic (exact) mass is 364 g/mol. The quantitative estimate of drug-likeness (QED) is 0.653. The van der Waals surface area contributed by atoms with E-state index in [1.807, 2.05) is 11.9 Å². The molecule has 130 valence electrons. The first-order valence-electron chi connectivity index (χ1n) is 8.36. The van der Waals surface area contributed by atoms with Crippen molar-refractivity contribution in [3.8, 4) is 0 Å². The fourth-order valence-electron chi connectivity index (χ4n) is 3.23. The molecule has 24 heavy (non-hydrogen) atoms. The van der Waals surface area contributed by atoms with Gasteiger partial charge in [-0.3, -0.25) is 4.79 Å². The van der Waals surface area contributed by atoms with Crippen molar-refractivity contribution >= 4 is 39.2 Å². The van der Waals surface area contributed by atoms with Gasteiger partial charge in [0.2, 0.25) is 5.91 Å². The topological polar surface area (TPSA) is 58.1 Å². The lowest BCUT2D eigenvalue weighted by molar-refractivity contribution is -0.130. The zero-order valence-electron chi connectivity index (χ0n) is 14.5. The van der Waals surface area contributed by atoms with E-state index in [4.69, 9.17) is 0 Å². The second-order valence-electron chi connectivity index (χ2n) is 6.34. The van der Waals surface area contributed by atoms with Gasteiger partial charge in [-0.05, 0) is 51.8 Å². The molecule has 1 aliphatic heterocycles. The van der Waals surface area contributed by atoms with Crippen LogP contribution in [0, 0.1) is 19.8 Å². The van der Waals surface area contributed by atoms with Crippen molar-refractivity contribution in [3.63, 3.8) is 0 Å². The SMILES string of the molecule is CNCC1CCCN(C(=O)CSc2ncnc3sc(C)c(C)c23)C1. The summed E-state index contributed by atoms with van der Waals surface area (Å²) in [5.74, 6) is 1.24. The molecule has 2 aromatic heterocycles. The molecule has 1 unspecified atom stereocenters. The predicted molar refractivity (Wildman–Crippen MR) is 101 cm³/mol. The molecule has 0 aromatic carbocycles. The van der Waals surface area contributed by atoms with E-state index in [1.54, 1.807) is 29.4 Å². The van der Waals surface area contributed by atoms with Gasteiger partial charge in [0.15, 0.2) is 0 Å². The fraction of sp³-hybridized carbons (Fsp3) is 0.588. The van der Waals surface area contributed by atoms with Crippen molar-refractivity contribution in [1.29, 1.82) is 0 Å². The first-order valence-corrected chi connectivity index (χ1v) is 10.2. The summed E-state index contributed by atoms with van der Waals surface area (Å²) in [5.41, 5.74) is 1.23. The number of likely N-dealkylation sites (tertiary alicyclic amines) is 1. The molecule has 0 spiro atoms. The third kappa shape index (κ3) is 3.73. The number of fused-ring (bicyclic) bond motifs is 1. The number of hydrogen-bond acceptors (Lipinski definition) is 6. The van der Waals surface area contributed by atoms with Gasteiger partial charge in [-0.2, -0.15) is 0 Å². The number of hydrogen-bond donors (Lipinski definition) is 1. The minimum atomic E-state index is 0.220. The van der Waals surface area contributed by atoms with E-state index in [2.05, 4.69) is 29.1 Å². The summed E-state index contributed by atoms with van der Waals surface area (Å²) in [4.78, 5) is 25.7. The van der Waals surface area contributed by atoms with Crippen LogP contribution in [0.15, 0.2) is 11.4 Å². The number of rotatable bonds is 5. The Hall–Kier alpha value is -1.18. The van der Waals surface area contributed by atoms with Gasteiger partial charge in [-0.1, -0.05) is 11.8 Å². The molecule has 7 heteroatoms. The highest BCUT2D eigenvalue weighted by Crippen LogP contribution is 2.34. The Morgan fingerprint density at radius 3 is 3.08 bits per heavy atom. The van der Waals surface area contributed by atoms with Crippen molar-refractivity contribution in [1.82, 2.24) is 20.2 Å². The number of thioether (sulfide) groups is 1. The molecule has 3 heterocycles. The summed E-state index contributed by atoms with van der Waals surface area (Å²) in [7, 11) is 1.97. The van der Waals surface area contributed by atoms with Crippen LogP contribution < -0.4 is 5.32 Å². The summed E-state index contributed by atoms with van der Waals surface area (Å²) >= 11 is 3.24. The zero-order valence-corrected chi connectivity index (χ0v) is 16.1. The summed E-state index contributed by atoms with van der Waals surface area (Å²) in [6.07, 6.45) is 3.91. The van der Waals surface area contributed by atoms with E-state index in [0.29, 0.717) is 11.7 Å². The normalized spacial score (nSPS) is 18.3. The van der Waals surface area contributed by atoms with Crippen LogP contribution in [-0.2, 0) is 4.79 Å². The molecular formula is C17H24N4OS2. The lowest BCUT2D eigenvalue weighted by Gasteiger charge is -2.32. The van der Waals surface area contributed by atoms with Crippen molar-refractivity contribution in [2.45, 2.75) is 31.7 Å². The van der Waals surface area contributed by atoms with E-state index in [0.717, 1.165) is 41.3 Å². The molecule has 1 amide bonds. The van der Waals surface area contributed by atoms with E-state index < -0.39 is 0 Å². The van der Waals surface area contributed by atoms with Crippen LogP contribution in [0.25, 0.3) is 10.2 Å². The van der Waals surface area contributed by atoms with E-state index in [-0.39, 0.29) is 5.91 Å². The molecule has 1 N–H and O–H groups in total. The standard InChI is InChI=1S/C17H24N4OS2/c1-11-12(2)24-17-15(11)16(19-10-20-17)23-9-14(22)21-6-4-5-13(8-21)7-18-3/h10,13,18H,4-9H2,1-3H3. The molecule has 0 bridgehead atoms. The molecular weight excluding hydrogens is 340 g/mol. The molecule has 1 saturated heterocycles. The summed E-state index contributed by atoms with van der Waals surface area (Å²) in [5, 5.41) is 5.27. The Kier molecular flexibility index (Phi) is 5.73. The largest absolute Gasteiger partial charge is 0.342 e. The van der Waals surface area contributed by atoms with Crippen molar-refractivity contribution in [3.05, 3.63) is 16.8 Å². The Morgan fingerprint density at radius 2 is 2.29 bits per heavy atom. The van der Waals surface area contributed by atoms with Gasteiger partial charge >= 0.3 is 0 Å². The number of aryl methyl sites for hydroxylation is 2. The van der Waals surface area contributed by atoms with Crippen LogP contribution in [-0.4, -0.2) is 53.2 Å². The molecule has 2 aromatic rings. The van der Waals surface area contributed by atoms with E-state index >= 15 is 0 Å². The average molecular weight is 365 g/mol. The van der Waals surface area contributed by atoms with Crippen LogP contribution in [0.2, 0.25) is 0 Å². The van der Waals surface area contributed by atoms with Crippen LogP contribution in [0.4, 0.5) is 0 Å². The van der Waals surface area contributed by atoms with E-state index in [1.165, 1.54) is 16.9 Å². The number of aromatic nitrogens is 2. The third-order valence-corrected chi connectivity index (χ3v) is 6.72. The molecule has 1 atom stereocenters. The number of nitrogens with one attached hydrogen (secondary N) is 1. The number of carbonyl (C=O) groups excluding carboxylic acids is 1. The highest BCUT2D eigenvalue weighted by molar-refractivity contribution is 8.00. The Labute approximate surface area is 151 Å². The minimum Gasteiger partial charge on any atom is -0.342 e. The van der Waals surface area contributed by atoms with Crippen molar-refractivity contribution in [2.24, 2.45) is 5.92 Å². The van der Waals surface area contributed by atoms with Crippen LogP contribution in [0.1, 0.15) is 23.3 Å². The molecule has 0 saturated carbocycles. The lowest BCUT2D eigenvalue weighted by Crippen LogP contribution is -2.43. The molecule has 0 radical (unpaired) electrons. The maximum atomic E-state index is 12.6. The van der Waals surface area contributed by atoms with E-state index in [9.17, 15) is 4.79 Å². The van der Waals surface area contributed by atoms with Gasteiger partial charge in [-0.15, -0.1) is 11.3 Å². The van der Waals surface area contributed by atoms with Crippen LogP contribution in [0.5, 0.6) is 0 Å². The van der Waals surface area contributed by atoms with Gasteiger partial charge in [0.1, 0.15) is 16.2 Å². The Balaban J connectivity index is 1.66. The zero-order chi connectivity index (χ0) is 17.1. The molecule has 5 nitrogen and oxygen atoms in total. The van der Waals surface area contributed by atoms with Gasteiger partial charge in [0, 0.05) is 23.4 Å². The highest BCUT2D eigenvalue weighted by Gasteiger charge is 2.23. The van der Waals surface area contributed by atoms with Gasteiger partial charge in [0.25, 0.3) is 0 Å². The van der Waals surface area contributed by atoms with Gasteiger partial charge in [0.05, 0.1) is 5.75 Å². The van der Waals surface area contributed by atoms with Crippen LogP contribution >= 0.6 is 23.1 Å². The van der Waals surface area contributed by atoms with Gasteiger partial charge in [-0.25, -0.2) is 9.97 Å². The predicted octanol–water partition coefficient (Wildman–Crippen LogP) is 2.86. The maximum Gasteiger partial charge on any atom is 0.232 e. The van der Waals surface area contributed by atoms with Crippen molar-refractivity contribution in [2.75, 3.05) is 32.4 Å². The average Bonchev–Trinajstić information content (AvgIpc) is 2.88. The molecule has 1 aliphatic rings. The maximum absolute atomic E-state index is 12.6. The number of amides is 1. The molecule has 3 rings (SSSR count). The van der Waals surface area contributed by atoms with Gasteiger partial charge < -0.3 is 10.2 Å². The first-order chi connectivity index (χ1) is 11.6. The molecule has 0 aliphatic carbocycles. The summed E-state index contributed by atoms with van der Waals surface area (Å²) in [6.45, 7) is 6.95.